The molecule has 0 unspecified atom stereocenters. The van der Waals surface area contributed by atoms with Crippen LogP contribution in [0.15, 0.2) is 53.0 Å². The normalized spacial score (nSPS) is 10.0. The van der Waals surface area contributed by atoms with Crippen LogP contribution in [0.5, 0.6) is 0 Å². The quantitative estimate of drug-likeness (QED) is 0.883. The van der Waals surface area contributed by atoms with Gasteiger partial charge >= 0.3 is 6.03 Å². The van der Waals surface area contributed by atoms with Crippen molar-refractivity contribution in [1.82, 2.24) is 5.32 Å². The van der Waals surface area contributed by atoms with Crippen molar-refractivity contribution in [2.45, 2.75) is 6.54 Å². The fraction of sp³-hybridized carbons (Fsp3) is 0.0714. The summed E-state index contributed by atoms with van der Waals surface area (Å²) in [7, 11) is 0. The molecule has 0 aliphatic rings. The van der Waals surface area contributed by atoms with E-state index in [4.69, 9.17) is 0 Å². The SMILES string of the molecule is O=C(NCc1ccccc1)Nc1cc(F)ccc1Br. The molecule has 2 amide bonds. The van der Waals surface area contributed by atoms with Gasteiger partial charge in [-0.25, -0.2) is 9.18 Å². The van der Waals surface area contributed by atoms with E-state index in [2.05, 4.69) is 26.6 Å². The van der Waals surface area contributed by atoms with E-state index in [0.717, 1.165) is 5.56 Å². The highest BCUT2D eigenvalue weighted by Gasteiger charge is 2.06. The maximum absolute atomic E-state index is 13.1. The zero-order valence-electron chi connectivity index (χ0n) is 9.99. The predicted octanol–water partition coefficient (Wildman–Crippen LogP) is 3.91. The minimum Gasteiger partial charge on any atom is -0.334 e. The van der Waals surface area contributed by atoms with Gasteiger partial charge in [-0.2, -0.15) is 0 Å². The maximum Gasteiger partial charge on any atom is 0.319 e. The van der Waals surface area contributed by atoms with Crippen molar-refractivity contribution in [2.75, 3.05) is 5.32 Å². The zero-order valence-corrected chi connectivity index (χ0v) is 11.6. The second-order valence-electron chi connectivity index (χ2n) is 3.92. The Balaban J connectivity index is 1.93. The first-order valence-electron chi connectivity index (χ1n) is 5.69. The summed E-state index contributed by atoms with van der Waals surface area (Å²) in [5, 5.41) is 5.29. The third-order valence-corrected chi connectivity index (χ3v) is 3.16. The zero-order chi connectivity index (χ0) is 13.7. The van der Waals surface area contributed by atoms with E-state index in [-0.39, 0.29) is 6.03 Å². The summed E-state index contributed by atoms with van der Waals surface area (Å²) in [5.41, 5.74) is 1.39. The summed E-state index contributed by atoms with van der Waals surface area (Å²) in [6.45, 7) is 0.416. The number of amides is 2. The number of carbonyl (C=O) groups is 1. The van der Waals surface area contributed by atoms with Gasteiger partial charge < -0.3 is 10.6 Å². The van der Waals surface area contributed by atoms with Crippen molar-refractivity contribution >= 4 is 27.6 Å². The molecule has 0 aliphatic heterocycles. The second kappa shape index (κ2) is 6.33. The third-order valence-electron chi connectivity index (χ3n) is 2.47. The highest BCUT2D eigenvalue weighted by atomic mass is 79.9. The lowest BCUT2D eigenvalue weighted by Crippen LogP contribution is -2.28. The number of halogens is 2. The van der Waals surface area contributed by atoms with Gasteiger partial charge in [0, 0.05) is 11.0 Å². The molecule has 0 aromatic heterocycles. The fourth-order valence-electron chi connectivity index (χ4n) is 1.54. The van der Waals surface area contributed by atoms with Gasteiger partial charge in [-0.1, -0.05) is 30.3 Å². The Labute approximate surface area is 119 Å². The van der Waals surface area contributed by atoms with Crippen LogP contribution in [0.3, 0.4) is 0 Å². The van der Waals surface area contributed by atoms with Crippen molar-refractivity contribution in [3.05, 3.63) is 64.4 Å². The van der Waals surface area contributed by atoms with E-state index in [1.54, 1.807) is 6.07 Å². The van der Waals surface area contributed by atoms with E-state index in [1.165, 1.54) is 12.1 Å². The van der Waals surface area contributed by atoms with Gasteiger partial charge in [0.05, 0.1) is 5.69 Å². The molecule has 5 heteroatoms. The Morgan fingerprint density at radius 1 is 1.16 bits per heavy atom. The summed E-state index contributed by atoms with van der Waals surface area (Å²) in [4.78, 5) is 11.7. The van der Waals surface area contributed by atoms with Crippen LogP contribution >= 0.6 is 15.9 Å². The van der Waals surface area contributed by atoms with E-state index in [9.17, 15) is 9.18 Å². The molecule has 0 saturated carbocycles. The molecule has 0 bridgehead atoms. The lowest BCUT2D eigenvalue weighted by atomic mass is 10.2. The first-order valence-corrected chi connectivity index (χ1v) is 6.48. The van der Waals surface area contributed by atoms with Crippen molar-refractivity contribution in [2.24, 2.45) is 0 Å². The van der Waals surface area contributed by atoms with Gasteiger partial charge in [-0.15, -0.1) is 0 Å². The molecule has 0 aliphatic carbocycles. The summed E-state index contributed by atoms with van der Waals surface area (Å²) in [6.07, 6.45) is 0. The van der Waals surface area contributed by atoms with Gasteiger partial charge in [-0.3, -0.25) is 0 Å². The van der Waals surface area contributed by atoms with Crippen LogP contribution in [0.4, 0.5) is 14.9 Å². The Morgan fingerprint density at radius 3 is 2.63 bits per heavy atom. The largest absolute Gasteiger partial charge is 0.334 e. The minimum absolute atomic E-state index is 0.379. The Hall–Kier alpha value is -1.88. The molecule has 2 rings (SSSR count). The topological polar surface area (TPSA) is 41.1 Å². The molecule has 3 nitrogen and oxygen atoms in total. The molecule has 2 aromatic carbocycles. The molecular weight excluding hydrogens is 311 g/mol. The lowest BCUT2D eigenvalue weighted by molar-refractivity contribution is 0.251. The highest BCUT2D eigenvalue weighted by Crippen LogP contribution is 2.22. The number of rotatable bonds is 3. The van der Waals surface area contributed by atoms with Crippen LogP contribution in [0.2, 0.25) is 0 Å². The second-order valence-corrected chi connectivity index (χ2v) is 4.77. The number of anilines is 1. The first kappa shape index (κ1) is 13.5. The average molecular weight is 323 g/mol. The fourth-order valence-corrected chi connectivity index (χ4v) is 1.88. The monoisotopic (exact) mass is 322 g/mol. The molecule has 0 saturated heterocycles. The van der Waals surface area contributed by atoms with Crippen LogP contribution in [-0.2, 0) is 6.54 Å². The molecule has 0 heterocycles. The van der Waals surface area contributed by atoms with Gasteiger partial charge in [0.15, 0.2) is 0 Å². The molecule has 0 atom stereocenters. The molecule has 0 radical (unpaired) electrons. The van der Waals surface area contributed by atoms with E-state index in [0.29, 0.717) is 16.7 Å². The van der Waals surface area contributed by atoms with Crippen LogP contribution in [0.25, 0.3) is 0 Å². The molecule has 19 heavy (non-hydrogen) atoms. The number of benzene rings is 2. The summed E-state index contributed by atoms with van der Waals surface area (Å²) in [5.74, 6) is -0.401. The minimum atomic E-state index is -0.401. The number of nitrogens with one attached hydrogen (secondary N) is 2. The smallest absolute Gasteiger partial charge is 0.319 e. The molecule has 0 spiro atoms. The van der Waals surface area contributed by atoms with Gasteiger partial charge in [0.1, 0.15) is 5.82 Å². The van der Waals surface area contributed by atoms with Crippen LogP contribution in [-0.4, -0.2) is 6.03 Å². The average Bonchev–Trinajstić information content (AvgIpc) is 2.42. The molecule has 2 aromatic rings. The van der Waals surface area contributed by atoms with E-state index in [1.807, 2.05) is 30.3 Å². The summed E-state index contributed by atoms with van der Waals surface area (Å²) >= 11 is 3.25. The van der Waals surface area contributed by atoms with Crippen LogP contribution < -0.4 is 10.6 Å². The number of hydrogen-bond donors (Lipinski definition) is 2. The highest BCUT2D eigenvalue weighted by molar-refractivity contribution is 9.10. The van der Waals surface area contributed by atoms with Crippen molar-refractivity contribution in [3.63, 3.8) is 0 Å². The number of hydrogen-bond acceptors (Lipinski definition) is 1. The lowest BCUT2D eigenvalue weighted by Gasteiger charge is -2.09. The van der Waals surface area contributed by atoms with Gasteiger partial charge in [0.25, 0.3) is 0 Å². The molecule has 2 N–H and O–H groups in total. The summed E-state index contributed by atoms with van der Waals surface area (Å²) in [6, 6.07) is 13.3. The Bertz CT molecular complexity index is 575. The third kappa shape index (κ3) is 4.06. The molecular formula is C14H12BrFN2O. The number of carbonyl (C=O) groups excluding carboxylic acids is 1. The van der Waals surface area contributed by atoms with Crippen LogP contribution in [0, 0.1) is 5.82 Å². The summed E-state index contributed by atoms with van der Waals surface area (Å²) < 4.78 is 13.7. The number of urea groups is 1. The van der Waals surface area contributed by atoms with Crippen LogP contribution in [0.1, 0.15) is 5.56 Å². The standard InChI is InChI=1S/C14H12BrFN2O/c15-12-7-6-11(16)8-13(12)18-14(19)17-9-10-4-2-1-3-5-10/h1-8H,9H2,(H2,17,18,19). The Morgan fingerprint density at radius 2 is 1.89 bits per heavy atom. The van der Waals surface area contributed by atoms with E-state index < -0.39 is 5.82 Å². The van der Waals surface area contributed by atoms with Crippen molar-refractivity contribution in [1.29, 1.82) is 0 Å². The van der Waals surface area contributed by atoms with Crippen molar-refractivity contribution < 1.29 is 9.18 Å². The van der Waals surface area contributed by atoms with Gasteiger partial charge in [0.2, 0.25) is 0 Å². The maximum atomic E-state index is 13.1. The Kier molecular flexibility index (Phi) is 4.52. The van der Waals surface area contributed by atoms with Crippen molar-refractivity contribution in [3.8, 4) is 0 Å². The predicted molar refractivity (Wildman–Crippen MR) is 76.4 cm³/mol. The first-order chi connectivity index (χ1) is 9.15. The van der Waals surface area contributed by atoms with E-state index >= 15 is 0 Å². The molecule has 0 fully saturated rings. The molecule has 98 valence electrons. The van der Waals surface area contributed by atoms with Gasteiger partial charge in [-0.05, 0) is 39.7 Å².